The zero-order valence-electron chi connectivity index (χ0n) is 9.77. The lowest BCUT2D eigenvalue weighted by atomic mass is 10.0. The van der Waals surface area contributed by atoms with Crippen molar-refractivity contribution < 1.29 is 0 Å². The third kappa shape index (κ3) is 1.82. The van der Waals surface area contributed by atoms with E-state index in [-0.39, 0.29) is 0 Å². The van der Waals surface area contributed by atoms with Gasteiger partial charge in [-0.25, -0.2) is 4.98 Å². The Bertz CT molecular complexity index is 647. The highest BCUT2D eigenvalue weighted by Crippen LogP contribution is 2.21. The van der Waals surface area contributed by atoms with Crippen molar-refractivity contribution in [1.29, 1.82) is 0 Å². The van der Waals surface area contributed by atoms with Crippen LogP contribution in [-0.2, 0) is 6.42 Å². The molecule has 0 amide bonds. The third-order valence-corrected chi connectivity index (χ3v) is 3.17. The van der Waals surface area contributed by atoms with Crippen LogP contribution in [-0.4, -0.2) is 9.97 Å². The van der Waals surface area contributed by atoms with Crippen LogP contribution in [0.4, 0.5) is 0 Å². The topological polar surface area (TPSA) is 28.7 Å². The van der Waals surface area contributed by atoms with E-state index in [0.717, 1.165) is 17.8 Å². The van der Waals surface area contributed by atoms with Gasteiger partial charge in [0.25, 0.3) is 0 Å². The predicted molar refractivity (Wildman–Crippen MR) is 70.1 cm³/mol. The average Bonchev–Trinajstić information content (AvgIpc) is 2.76. The Labute approximate surface area is 100 Å². The van der Waals surface area contributed by atoms with E-state index in [1.165, 1.54) is 16.3 Å². The Morgan fingerprint density at radius 1 is 1.06 bits per heavy atom. The first-order valence-electron chi connectivity index (χ1n) is 5.80. The van der Waals surface area contributed by atoms with E-state index >= 15 is 0 Å². The molecule has 84 valence electrons. The van der Waals surface area contributed by atoms with Gasteiger partial charge in [-0.05, 0) is 23.3 Å². The Morgan fingerprint density at radius 3 is 2.71 bits per heavy atom. The maximum absolute atomic E-state index is 4.36. The zero-order valence-corrected chi connectivity index (χ0v) is 9.77. The minimum absolute atomic E-state index is 0.886. The van der Waals surface area contributed by atoms with Crippen molar-refractivity contribution in [2.24, 2.45) is 0 Å². The van der Waals surface area contributed by atoms with Crippen molar-refractivity contribution in [3.63, 3.8) is 0 Å². The largest absolute Gasteiger partial charge is 0.348 e. The van der Waals surface area contributed by atoms with Gasteiger partial charge in [0.2, 0.25) is 0 Å². The summed E-state index contributed by atoms with van der Waals surface area (Å²) in [6.45, 7) is 2.06. The van der Waals surface area contributed by atoms with Crippen LogP contribution in [0.3, 0.4) is 0 Å². The summed E-state index contributed by atoms with van der Waals surface area (Å²) in [6.07, 6.45) is 2.65. The van der Waals surface area contributed by atoms with Gasteiger partial charge >= 0.3 is 0 Å². The fourth-order valence-electron chi connectivity index (χ4n) is 2.19. The number of aryl methyl sites for hydroxylation is 1. The van der Waals surface area contributed by atoms with E-state index in [1.54, 1.807) is 6.33 Å². The van der Waals surface area contributed by atoms with Crippen molar-refractivity contribution in [3.05, 3.63) is 65.7 Å². The molecule has 1 heterocycles. The molecule has 0 bridgehead atoms. The molecule has 0 unspecified atom stereocenters. The lowest BCUT2D eigenvalue weighted by Gasteiger charge is -2.05. The number of fused-ring (bicyclic) bond motifs is 1. The molecule has 0 radical (unpaired) electrons. The summed E-state index contributed by atoms with van der Waals surface area (Å²) in [5, 5.41) is 2.61. The highest BCUT2D eigenvalue weighted by atomic mass is 14.9. The van der Waals surface area contributed by atoms with Gasteiger partial charge in [-0.2, -0.15) is 0 Å². The van der Waals surface area contributed by atoms with Crippen LogP contribution in [0, 0.1) is 6.92 Å². The standard InChI is InChI=1S/C15H14N2/c1-11-15(17-10-16-11)9-13-7-4-6-12-5-2-3-8-14(12)13/h2-8,10H,9H2,1H3,(H,16,17). The molecule has 1 N–H and O–H groups in total. The van der Waals surface area contributed by atoms with E-state index < -0.39 is 0 Å². The summed E-state index contributed by atoms with van der Waals surface area (Å²) in [6, 6.07) is 14.9. The SMILES string of the molecule is Cc1[nH]cnc1Cc1cccc2ccccc12. The number of H-pyrrole nitrogens is 1. The van der Waals surface area contributed by atoms with Gasteiger partial charge in [0.15, 0.2) is 0 Å². The van der Waals surface area contributed by atoms with Crippen LogP contribution in [0.15, 0.2) is 48.8 Å². The first-order chi connectivity index (χ1) is 8.34. The molecular formula is C15H14N2. The first kappa shape index (κ1) is 10.1. The summed E-state index contributed by atoms with van der Waals surface area (Å²) >= 11 is 0. The van der Waals surface area contributed by atoms with E-state index in [4.69, 9.17) is 0 Å². The Balaban J connectivity index is 2.09. The highest BCUT2D eigenvalue weighted by molar-refractivity contribution is 5.85. The van der Waals surface area contributed by atoms with E-state index in [0.29, 0.717) is 0 Å². The molecule has 0 aliphatic heterocycles. The van der Waals surface area contributed by atoms with Gasteiger partial charge in [0, 0.05) is 12.1 Å². The molecule has 2 aromatic carbocycles. The summed E-state index contributed by atoms with van der Waals surface area (Å²) in [7, 11) is 0. The molecule has 0 aliphatic carbocycles. The number of nitrogens with zero attached hydrogens (tertiary/aromatic N) is 1. The molecule has 0 spiro atoms. The molecule has 1 aromatic heterocycles. The maximum atomic E-state index is 4.36. The molecule has 2 nitrogen and oxygen atoms in total. The average molecular weight is 222 g/mol. The minimum Gasteiger partial charge on any atom is -0.348 e. The van der Waals surface area contributed by atoms with Gasteiger partial charge in [0.05, 0.1) is 12.0 Å². The number of rotatable bonds is 2. The molecule has 3 aromatic rings. The van der Waals surface area contributed by atoms with Crippen LogP contribution >= 0.6 is 0 Å². The third-order valence-electron chi connectivity index (χ3n) is 3.17. The molecular weight excluding hydrogens is 208 g/mol. The fourth-order valence-corrected chi connectivity index (χ4v) is 2.19. The molecule has 0 aliphatic rings. The second kappa shape index (κ2) is 4.06. The number of hydrogen-bond acceptors (Lipinski definition) is 1. The van der Waals surface area contributed by atoms with Crippen molar-refractivity contribution in [3.8, 4) is 0 Å². The number of nitrogens with one attached hydrogen (secondary N) is 1. The summed E-state index contributed by atoms with van der Waals surface area (Å²) in [5.74, 6) is 0. The van der Waals surface area contributed by atoms with E-state index in [1.807, 2.05) is 0 Å². The fraction of sp³-hybridized carbons (Fsp3) is 0.133. The molecule has 0 fully saturated rings. The maximum Gasteiger partial charge on any atom is 0.0925 e. The van der Waals surface area contributed by atoms with Gasteiger partial charge in [-0.1, -0.05) is 42.5 Å². The molecule has 0 saturated heterocycles. The second-order valence-electron chi connectivity index (χ2n) is 4.29. The summed E-state index contributed by atoms with van der Waals surface area (Å²) in [5.41, 5.74) is 3.61. The quantitative estimate of drug-likeness (QED) is 0.706. The number of aromatic amines is 1. The second-order valence-corrected chi connectivity index (χ2v) is 4.29. The van der Waals surface area contributed by atoms with E-state index in [2.05, 4.69) is 59.4 Å². The van der Waals surface area contributed by atoms with Gasteiger partial charge < -0.3 is 4.98 Å². The molecule has 0 atom stereocenters. The Hall–Kier alpha value is -2.09. The lowest BCUT2D eigenvalue weighted by Crippen LogP contribution is -1.92. The summed E-state index contributed by atoms with van der Waals surface area (Å²) in [4.78, 5) is 7.49. The minimum atomic E-state index is 0.886. The van der Waals surface area contributed by atoms with Crippen molar-refractivity contribution >= 4 is 10.8 Å². The van der Waals surface area contributed by atoms with Crippen LogP contribution in [0.5, 0.6) is 0 Å². The van der Waals surface area contributed by atoms with Crippen LogP contribution in [0.25, 0.3) is 10.8 Å². The van der Waals surface area contributed by atoms with Gasteiger partial charge in [0.1, 0.15) is 0 Å². The van der Waals surface area contributed by atoms with Crippen LogP contribution in [0.2, 0.25) is 0 Å². The van der Waals surface area contributed by atoms with Crippen LogP contribution in [0.1, 0.15) is 17.0 Å². The van der Waals surface area contributed by atoms with Gasteiger partial charge in [-0.3, -0.25) is 0 Å². The van der Waals surface area contributed by atoms with Crippen molar-refractivity contribution in [2.75, 3.05) is 0 Å². The van der Waals surface area contributed by atoms with Crippen molar-refractivity contribution in [2.45, 2.75) is 13.3 Å². The lowest BCUT2D eigenvalue weighted by molar-refractivity contribution is 1.09. The number of aromatic nitrogens is 2. The Morgan fingerprint density at radius 2 is 1.88 bits per heavy atom. The molecule has 17 heavy (non-hydrogen) atoms. The summed E-state index contributed by atoms with van der Waals surface area (Å²) < 4.78 is 0. The number of imidazole rings is 1. The zero-order chi connectivity index (χ0) is 11.7. The highest BCUT2D eigenvalue weighted by Gasteiger charge is 2.05. The van der Waals surface area contributed by atoms with E-state index in [9.17, 15) is 0 Å². The predicted octanol–water partition coefficient (Wildman–Crippen LogP) is 3.46. The van der Waals surface area contributed by atoms with Crippen LogP contribution < -0.4 is 0 Å². The molecule has 3 rings (SSSR count). The van der Waals surface area contributed by atoms with Crippen molar-refractivity contribution in [1.82, 2.24) is 9.97 Å². The van der Waals surface area contributed by atoms with Gasteiger partial charge in [-0.15, -0.1) is 0 Å². The Kier molecular flexibility index (Phi) is 2.41. The number of benzene rings is 2. The first-order valence-corrected chi connectivity index (χ1v) is 5.80. The smallest absolute Gasteiger partial charge is 0.0925 e. The number of hydrogen-bond donors (Lipinski definition) is 1. The monoisotopic (exact) mass is 222 g/mol. The molecule has 0 saturated carbocycles. The normalized spacial score (nSPS) is 10.9. The molecule has 2 heteroatoms.